The van der Waals surface area contributed by atoms with Crippen LogP contribution >= 0.6 is 11.3 Å². The van der Waals surface area contributed by atoms with Gasteiger partial charge < -0.3 is 26.3 Å². The minimum atomic E-state index is -0.533. The van der Waals surface area contributed by atoms with Crippen molar-refractivity contribution in [1.82, 2.24) is 0 Å². The maximum absolute atomic E-state index is 11.5. The monoisotopic (exact) mass is 313 g/mol. The third kappa shape index (κ3) is 3.41. The highest BCUT2D eigenvalue weighted by molar-refractivity contribution is 7.19. The van der Waals surface area contributed by atoms with Crippen LogP contribution in [0.5, 0.6) is 5.75 Å². The third-order valence-electron chi connectivity index (χ3n) is 3.55. The van der Waals surface area contributed by atoms with Crippen molar-refractivity contribution in [1.29, 1.82) is 0 Å². The van der Waals surface area contributed by atoms with Crippen LogP contribution in [-0.4, -0.2) is 31.3 Å². The molecule has 0 saturated heterocycles. The number of methoxy groups -OCH3 is 1. The molecule has 1 aromatic rings. The number of rotatable bonds is 6. The number of amides is 1. The number of ether oxygens (including phenoxy) is 2. The summed E-state index contributed by atoms with van der Waals surface area (Å²) in [4.78, 5) is 11.8. The Morgan fingerprint density at radius 3 is 2.71 bits per heavy atom. The minimum Gasteiger partial charge on any atom is -0.486 e. The van der Waals surface area contributed by atoms with Crippen LogP contribution in [-0.2, 0) is 4.74 Å². The topological polar surface area (TPSA) is 99.6 Å². The Morgan fingerprint density at radius 2 is 2.14 bits per heavy atom. The van der Waals surface area contributed by atoms with E-state index in [-0.39, 0.29) is 18.2 Å². The zero-order valence-corrected chi connectivity index (χ0v) is 13.5. The van der Waals surface area contributed by atoms with Gasteiger partial charge in [0.2, 0.25) is 0 Å². The summed E-state index contributed by atoms with van der Waals surface area (Å²) in [6.07, 6.45) is 3.28. The minimum absolute atomic E-state index is 0.0371. The first-order valence-electron chi connectivity index (χ1n) is 7.12. The van der Waals surface area contributed by atoms with Crippen LogP contribution in [0.3, 0.4) is 0 Å². The van der Waals surface area contributed by atoms with Gasteiger partial charge in [-0.15, -0.1) is 11.3 Å². The average Bonchev–Trinajstić information content (AvgIpc) is 2.97. The first-order chi connectivity index (χ1) is 9.93. The molecule has 5 N–H and O–H groups in total. The number of carbonyl (C=O) groups is 1. The fourth-order valence-corrected chi connectivity index (χ4v) is 3.57. The van der Waals surface area contributed by atoms with E-state index in [0.29, 0.717) is 16.3 Å². The van der Waals surface area contributed by atoms with E-state index in [1.807, 2.05) is 13.8 Å². The average molecular weight is 313 g/mol. The van der Waals surface area contributed by atoms with E-state index in [4.69, 9.17) is 20.9 Å². The van der Waals surface area contributed by atoms with Crippen molar-refractivity contribution in [2.24, 2.45) is 5.73 Å². The molecule has 1 saturated carbocycles. The van der Waals surface area contributed by atoms with Gasteiger partial charge in [-0.05, 0) is 33.1 Å². The third-order valence-corrected chi connectivity index (χ3v) is 4.68. The van der Waals surface area contributed by atoms with Crippen LogP contribution in [0, 0.1) is 0 Å². The fraction of sp³-hybridized carbons (Fsp3) is 0.643. The van der Waals surface area contributed by atoms with E-state index < -0.39 is 5.91 Å². The quantitative estimate of drug-likeness (QED) is 0.747. The van der Waals surface area contributed by atoms with E-state index in [9.17, 15) is 4.79 Å². The lowest BCUT2D eigenvalue weighted by atomic mass is 10.2. The number of primary amides is 1. The lowest BCUT2D eigenvalue weighted by molar-refractivity contribution is 0.100. The van der Waals surface area contributed by atoms with Gasteiger partial charge in [0.1, 0.15) is 15.6 Å². The summed E-state index contributed by atoms with van der Waals surface area (Å²) in [5, 5.41) is 4.17. The molecular formula is C14H23N3O3S. The van der Waals surface area contributed by atoms with Crippen LogP contribution < -0.4 is 21.5 Å². The van der Waals surface area contributed by atoms with Crippen molar-refractivity contribution in [2.75, 3.05) is 18.2 Å². The second-order valence-corrected chi connectivity index (χ2v) is 6.51. The Bertz CT molecular complexity index is 516. The molecule has 1 aliphatic rings. The molecule has 7 heteroatoms. The van der Waals surface area contributed by atoms with Gasteiger partial charge in [0, 0.05) is 7.11 Å². The molecule has 0 spiro atoms. The van der Waals surface area contributed by atoms with Gasteiger partial charge in [-0.25, -0.2) is 0 Å². The van der Waals surface area contributed by atoms with Gasteiger partial charge >= 0.3 is 0 Å². The van der Waals surface area contributed by atoms with E-state index >= 15 is 0 Å². The molecule has 0 bridgehead atoms. The molecule has 2 atom stereocenters. The number of carbonyl (C=O) groups excluding carboxylic acids is 1. The standard InChI is InChI=1S/C14H23N3O3S/c1-7(2)20-11-10(15)12(13(16)18)21-14(11)17-8-5-4-6-9(8)19-3/h7-9,17H,4-6,15H2,1-3H3,(H2,16,18). The van der Waals surface area contributed by atoms with E-state index in [2.05, 4.69) is 5.32 Å². The highest BCUT2D eigenvalue weighted by atomic mass is 32.1. The van der Waals surface area contributed by atoms with Crippen LogP contribution in [0.25, 0.3) is 0 Å². The molecule has 21 heavy (non-hydrogen) atoms. The molecule has 6 nitrogen and oxygen atoms in total. The van der Waals surface area contributed by atoms with Crippen molar-refractivity contribution in [2.45, 2.75) is 51.4 Å². The predicted molar refractivity (Wildman–Crippen MR) is 85.1 cm³/mol. The maximum atomic E-state index is 11.5. The number of hydrogen-bond acceptors (Lipinski definition) is 6. The number of nitrogen functional groups attached to an aromatic ring is 1. The lowest BCUT2D eigenvalue weighted by Crippen LogP contribution is -2.29. The lowest BCUT2D eigenvalue weighted by Gasteiger charge is -2.21. The molecule has 1 heterocycles. The second-order valence-electron chi connectivity index (χ2n) is 5.49. The zero-order chi connectivity index (χ0) is 15.6. The fourth-order valence-electron chi connectivity index (χ4n) is 2.60. The Hall–Kier alpha value is -1.47. The van der Waals surface area contributed by atoms with Gasteiger partial charge in [0.15, 0.2) is 5.75 Å². The molecule has 118 valence electrons. The van der Waals surface area contributed by atoms with Crippen LogP contribution in [0.15, 0.2) is 0 Å². The van der Waals surface area contributed by atoms with Crippen LogP contribution in [0.2, 0.25) is 0 Å². The predicted octanol–water partition coefficient (Wildman–Crippen LogP) is 2.20. The molecule has 0 aromatic carbocycles. The first kappa shape index (κ1) is 15.9. The first-order valence-corrected chi connectivity index (χ1v) is 7.93. The van der Waals surface area contributed by atoms with Crippen LogP contribution in [0.1, 0.15) is 42.8 Å². The molecule has 0 radical (unpaired) electrons. The largest absolute Gasteiger partial charge is 0.486 e. The summed E-state index contributed by atoms with van der Waals surface area (Å²) < 4.78 is 11.2. The summed E-state index contributed by atoms with van der Waals surface area (Å²) in [6, 6.07) is 0.197. The van der Waals surface area contributed by atoms with Crippen molar-refractivity contribution >= 4 is 27.9 Å². The summed E-state index contributed by atoms with van der Waals surface area (Å²) in [5.74, 6) is -0.0144. The Kier molecular flexibility index (Phi) is 4.95. The van der Waals surface area contributed by atoms with Crippen molar-refractivity contribution < 1.29 is 14.3 Å². The van der Waals surface area contributed by atoms with Crippen molar-refractivity contribution in [3.05, 3.63) is 4.88 Å². The van der Waals surface area contributed by atoms with Crippen molar-refractivity contribution in [3.8, 4) is 5.75 Å². The van der Waals surface area contributed by atoms with Gasteiger partial charge in [0.25, 0.3) is 5.91 Å². The highest BCUT2D eigenvalue weighted by Gasteiger charge is 2.30. The summed E-state index contributed by atoms with van der Waals surface area (Å²) in [7, 11) is 1.72. The summed E-state index contributed by atoms with van der Waals surface area (Å²) in [6.45, 7) is 3.83. The molecule has 1 aliphatic carbocycles. The van der Waals surface area contributed by atoms with E-state index in [1.165, 1.54) is 11.3 Å². The number of hydrogen-bond donors (Lipinski definition) is 3. The number of nitrogens with one attached hydrogen (secondary N) is 1. The molecule has 2 unspecified atom stereocenters. The Labute approximate surface area is 128 Å². The van der Waals surface area contributed by atoms with E-state index in [0.717, 1.165) is 24.3 Å². The smallest absolute Gasteiger partial charge is 0.261 e. The van der Waals surface area contributed by atoms with Gasteiger partial charge in [0.05, 0.1) is 18.2 Å². The molecule has 1 fully saturated rings. The molecule has 1 aromatic heterocycles. The van der Waals surface area contributed by atoms with Gasteiger partial charge in [-0.2, -0.15) is 0 Å². The van der Waals surface area contributed by atoms with E-state index in [1.54, 1.807) is 7.11 Å². The molecule has 0 aliphatic heterocycles. The number of anilines is 2. The molecular weight excluding hydrogens is 290 g/mol. The molecule has 2 rings (SSSR count). The Morgan fingerprint density at radius 1 is 1.43 bits per heavy atom. The number of thiophene rings is 1. The SMILES string of the molecule is COC1CCCC1Nc1sc(C(N)=O)c(N)c1OC(C)C. The Balaban J connectivity index is 2.28. The summed E-state index contributed by atoms with van der Waals surface area (Å²) in [5.41, 5.74) is 11.7. The van der Waals surface area contributed by atoms with Crippen LogP contribution in [0.4, 0.5) is 10.7 Å². The highest BCUT2D eigenvalue weighted by Crippen LogP contribution is 2.44. The summed E-state index contributed by atoms with van der Waals surface area (Å²) >= 11 is 1.24. The van der Waals surface area contributed by atoms with Gasteiger partial charge in [-0.3, -0.25) is 4.79 Å². The van der Waals surface area contributed by atoms with Gasteiger partial charge in [-0.1, -0.05) is 0 Å². The zero-order valence-electron chi connectivity index (χ0n) is 12.6. The normalized spacial score (nSPS) is 21.7. The van der Waals surface area contributed by atoms with Crippen molar-refractivity contribution in [3.63, 3.8) is 0 Å². The molecule has 1 amide bonds. The maximum Gasteiger partial charge on any atom is 0.261 e. The number of nitrogens with two attached hydrogens (primary N) is 2. The second kappa shape index (κ2) is 6.53.